The van der Waals surface area contributed by atoms with Crippen LogP contribution in [0.2, 0.25) is 0 Å². The topological polar surface area (TPSA) is 52.7 Å². The Morgan fingerprint density at radius 2 is 1.33 bits per heavy atom. The number of aromatic nitrogens is 2. The van der Waals surface area contributed by atoms with E-state index in [9.17, 15) is 0 Å². The molecule has 4 rings (SSSR count). The van der Waals surface area contributed by atoms with E-state index in [1.807, 2.05) is 55.0 Å². The molecule has 1 fully saturated rings. The van der Waals surface area contributed by atoms with E-state index in [1.54, 1.807) is 0 Å². The van der Waals surface area contributed by atoms with Crippen LogP contribution >= 0.6 is 0 Å². The largest absolute Gasteiger partial charge is 0.368 e. The number of hydrogen-bond acceptors (Lipinski definition) is 3. The quantitative estimate of drug-likeness (QED) is 0.593. The summed E-state index contributed by atoms with van der Waals surface area (Å²) in [6.45, 7) is 4.56. The SMILES string of the molecule is C1CNCCN1.c1cc[nH]c1.c1ccc2ncccc2c1. The van der Waals surface area contributed by atoms with Crippen LogP contribution in [0.1, 0.15) is 0 Å². The van der Waals surface area contributed by atoms with Gasteiger partial charge in [0.05, 0.1) is 5.52 Å². The number of piperazine rings is 1. The van der Waals surface area contributed by atoms with Crippen molar-refractivity contribution in [2.24, 2.45) is 0 Å². The second kappa shape index (κ2) is 9.69. The van der Waals surface area contributed by atoms with Gasteiger partial charge in [-0.25, -0.2) is 0 Å². The van der Waals surface area contributed by atoms with Crippen LogP contribution in [0.4, 0.5) is 0 Å². The van der Waals surface area contributed by atoms with Gasteiger partial charge in [-0.1, -0.05) is 24.3 Å². The van der Waals surface area contributed by atoms with Crippen LogP contribution in [-0.4, -0.2) is 36.1 Å². The summed E-state index contributed by atoms with van der Waals surface area (Å²) in [6, 6.07) is 16.0. The lowest BCUT2D eigenvalue weighted by atomic mass is 10.2. The number of H-pyrrole nitrogens is 1. The Balaban J connectivity index is 0.000000126. The van der Waals surface area contributed by atoms with Crippen molar-refractivity contribution in [1.29, 1.82) is 0 Å². The van der Waals surface area contributed by atoms with Gasteiger partial charge in [0.1, 0.15) is 0 Å². The molecule has 0 radical (unpaired) electrons. The maximum atomic E-state index is 4.18. The zero-order valence-electron chi connectivity index (χ0n) is 12.1. The number of benzene rings is 1. The third-order valence-corrected chi connectivity index (χ3v) is 2.97. The summed E-state index contributed by atoms with van der Waals surface area (Å²) in [5.41, 5.74) is 1.06. The lowest BCUT2D eigenvalue weighted by molar-refractivity contribution is 0.534. The van der Waals surface area contributed by atoms with Crippen molar-refractivity contribution in [3.63, 3.8) is 0 Å². The first kappa shape index (κ1) is 15.2. The Kier molecular flexibility index (Phi) is 7.02. The van der Waals surface area contributed by atoms with E-state index in [1.165, 1.54) is 5.39 Å². The highest BCUT2D eigenvalue weighted by molar-refractivity contribution is 5.77. The number of nitrogens with zero attached hydrogens (tertiary/aromatic N) is 1. The summed E-state index contributed by atoms with van der Waals surface area (Å²) in [6.07, 6.45) is 5.56. The molecule has 0 atom stereocenters. The number of pyridine rings is 1. The second-order valence-corrected chi connectivity index (χ2v) is 4.58. The maximum Gasteiger partial charge on any atom is 0.0701 e. The van der Waals surface area contributed by atoms with Crippen molar-refractivity contribution >= 4 is 10.9 Å². The maximum absolute atomic E-state index is 4.18. The molecule has 4 nitrogen and oxygen atoms in total. The molecule has 0 spiro atoms. The smallest absolute Gasteiger partial charge is 0.0701 e. The van der Waals surface area contributed by atoms with Crippen LogP contribution in [0.5, 0.6) is 0 Å². The molecular weight excluding hydrogens is 260 g/mol. The van der Waals surface area contributed by atoms with E-state index < -0.39 is 0 Å². The van der Waals surface area contributed by atoms with E-state index >= 15 is 0 Å². The average molecular weight is 282 g/mol. The Morgan fingerprint density at radius 1 is 0.714 bits per heavy atom. The number of fused-ring (bicyclic) bond motifs is 1. The fourth-order valence-electron chi connectivity index (χ4n) is 1.90. The standard InChI is InChI=1S/C9H7N.C4H10N2.C4H5N/c1-2-6-9-8(4-1)5-3-7-10-9;1-2-6-4-3-5-1;1-2-4-5-3-1/h1-7H;5-6H,1-4H2;1-5H. The van der Waals surface area contributed by atoms with Gasteiger partial charge in [0, 0.05) is 50.2 Å². The molecule has 1 aromatic carbocycles. The molecule has 3 heterocycles. The number of hydrogen-bond donors (Lipinski definition) is 3. The van der Waals surface area contributed by atoms with Gasteiger partial charge in [-0.3, -0.25) is 4.98 Å². The first-order valence-electron chi connectivity index (χ1n) is 7.26. The summed E-state index contributed by atoms with van der Waals surface area (Å²) in [4.78, 5) is 7.04. The predicted molar refractivity (Wildman–Crippen MR) is 88.3 cm³/mol. The predicted octanol–water partition coefficient (Wildman–Crippen LogP) is 2.43. The molecule has 0 bridgehead atoms. The number of nitrogens with one attached hydrogen (secondary N) is 3. The molecule has 0 unspecified atom stereocenters. The molecule has 1 aliphatic rings. The molecule has 0 amide bonds. The van der Waals surface area contributed by atoms with Crippen molar-refractivity contribution in [3.05, 3.63) is 67.1 Å². The summed E-state index contributed by atoms with van der Waals surface area (Å²) < 4.78 is 0. The molecule has 3 aromatic rings. The fourth-order valence-corrected chi connectivity index (χ4v) is 1.90. The van der Waals surface area contributed by atoms with Crippen molar-refractivity contribution in [1.82, 2.24) is 20.6 Å². The molecule has 2 aromatic heterocycles. The van der Waals surface area contributed by atoms with Crippen LogP contribution in [0.3, 0.4) is 0 Å². The number of aromatic amines is 1. The van der Waals surface area contributed by atoms with Crippen LogP contribution in [0.15, 0.2) is 67.1 Å². The molecular formula is C17H22N4. The van der Waals surface area contributed by atoms with Gasteiger partial charge < -0.3 is 15.6 Å². The fraction of sp³-hybridized carbons (Fsp3) is 0.235. The van der Waals surface area contributed by atoms with E-state index in [2.05, 4.69) is 32.7 Å². The van der Waals surface area contributed by atoms with E-state index in [-0.39, 0.29) is 0 Å². The van der Waals surface area contributed by atoms with Gasteiger partial charge in [-0.15, -0.1) is 0 Å². The number of rotatable bonds is 0. The lowest BCUT2D eigenvalue weighted by Crippen LogP contribution is -2.39. The van der Waals surface area contributed by atoms with E-state index in [0.717, 1.165) is 31.7 Å². The first-order chi connectivity index (χ1) is 10.5. The first-order valence-corrected chi connectivity index (χ1v) is 7.26. The third-order valence-electron chi connectivity index (χ3n) is 2.97. The summed E-state index contributed by atoms with van der Waals surface area (Å²) >= 11 is 0. The summed E-state index contributed by atoms with van der Waals surface area (Å²) in [7, 11) is 0. The van der Waals surface area contributed by atoms with Crippen LogP contribution < -0.4 is 10.6 Å². The monoisotopic (exact) mass is 282 g/mol. The average Bonchev–Trinajstić information content (AvgIpc) is 3.17. The second-order valence-electron chi connectivity index (χ2n) is 4.58. The lowest BCUT2D eigenvalue weighted by Gasteiger charge is -2.11. The van der Waals surface area contributed by atoms with Crippen molar-refractivity contribution in [3.8, 4) is 0 Å². The highest BCUT2D eigenvalue weighted by atomic mass is 15.0. The molecule has 21 heavy (non-hydrogen) atoms. The van der Waals surface area contributed by atoms with Gasteiger partial charge in [-0.05, 0) is 24.3 Å². The summed E-state index contributed by atoms with van der Waals surface area (Å²) in [5, 5.41) is 7.64. The Bertz CT molecular complexity index is 494. The van der Waals surface area contributed by atoms with E-state index in [0.29, 0.717) is 0 Å². The molecule has 110 valence electrons. The highest BCUT2D eigenvalue weighted by Gasteiger charge is 1.91. The molecule has 1 saturated heterocycles. The van der Waals surface area contributed by atoms with Crippen LogP contribution in [0, 0.1) is 0 Å². The molecule has 3 N–H and O–H groups in total. The molecule has 0 saturated carbocycles. The van der Waals surface area contributed by atoms with Crippen molar-refractivity contribution in [2.45, 2.75) is 0 Å². The van der Waals surface area contributed by atoms with Gasteiger partial charge >= 0.3 is 0 Å². The van der Waals surface area contributed by atoms with Crippen LogP contribution in [0.25, 0.3) is 10.9 Å². The minimum atomic E-state index is 1.06. The Morgan fingerprint density at radius 3 is 1.86 bits per heavy atom. The van der Waals surface area contributed by atoms with Crippen molar-refractivity contribution in [2.75, 3.05) is 26.2 Å². The minimum absolute atomic E-state index is 1.06. The van der Waals surface area contributed by atoms with Gasteiger partial charge in [0.15, 0.2) is 0 Å². The normalized spacial score (nSPS) is 13.5. The molecule has 0 aliphatic carbocycles. The number of para-hydroxylation sites is 1. The zero-order valence-corrected chi connectivity index (χ0v) is 12.1. The van der Waals surface area contributed by atoms with Crippen molar-refractivity contribution < 1.29 is 0 Å². The Hall–Kier alpha value is -2.17. The van der Waals surface area contributed by atoms with Crippen LogP contribution in [-0.2, 0) is 0 Å². The molecule has 1 aliphatic heterocycles. The Labute approximate surface area is 125 Å². The van der Waals surface area contributed by atoms with Gasteiger partial charge in [-0.2, -0.15) is 0 Å². The molecule has 4 heteroatoms. The van der Waals surface area contributed by atoms with E-state index in [4.69, 9.17) is 0 Å². The highest BCUT2D eigenvalue weighted by Crippen LogP contribution is 2.07. The van der Waals surface area contributed by atoms with Gasteiger partial charge in [0.25, 0.3) is 0 Å². The van der Waals surface area contributed by atoms with Gasteiger partial charge in [0.2, 0.25) is 0 Å². The zero-order chi connectivity index (χ0) is 14.6. The third kappa shape index (κ3) is 6.21. The minimum Gasteiger partial charge on any atom is -0.368 e. The summed E-state index contributed by atoms with van der Waals surface area (Å²) in [5.74, 6) is 0.